The maximum Gasteiger partial charge on any atom is 0.261 e. The van der Waals surface area contributed by atoms with E-state index in [1.807, 2.05) is 52.8 Å². The summed E-state index contributed by atoms with van der Waals surface area (Å²) in [5.74, 6) is 0.512. The molecule has 0 heterocycles. The minimum atomic E-state index is -0.627. The molecule has 0 fully saturated rings. The van der Waals surface area contributed by atoms with Gasteiger partial charge in [-0.05, 0) is 61.1 Å². The Bertz CT molecular complexity index is 947. The van der Waals surface area contributed by atoms with Crippen LogP contribution in [0, 0.1) is 19.8 Å². The maximum atomic E-state index is 13.3. The van der Waals surface area contributed by atoms with Gasteiger partial charge in [0.2, 0.25) is 5.91 Å². The van der Waals surface area contributed by atoms with Crippen LogP contribution in [0.5, 0.6) is 5.75 Å². The van der Waals surface area contributed by atoms with Crippen LogP contribution < -0.4 is 10.1 Å². The summed E-state index contributed by atoms with van der Waals surface area (Å²) in [5, 5.41) is 3.79. The molecule has 0 aliphatic heterocycles. The van der Waals surface area contributed by atoms with Crippen LogP contribution in [-0.4, -0.2) is 35.9 Å². The third-order valence-electron chi connectivity index (χ3n) is 5.10. The van der Waals surface area contributed by atoms with Crippen molar-refractivity contribution >= 4 is 35.0 Å². The van der Waals surface area contributed by atoms with Gasteiger partial charge in [0.05, 0.1) is 10.0 Å². The molecule has 0 aliphatic carbocycles. The topological polar surface area (TPSA) is 58.6 Å². The molecule has 0 radical (unpaired) electrons. The Kier molecular flexibility index (Phi) is 9.85. The Hall–Kier alpha value is -2.24. The molecule has 174 valence electrons. The van der Waals surface area contributed by atoms with Gasteiger partial charge < -0.3 is 15.0 Å². The van der Waals surface area contributed by atoms with Gasteiger partial charge in [0.15, 0.2) is 6.61 Å². The summed E-state index contributed by atoms with van der Waals surface area (Å²) in [6, 6.07) is 10.4. The lowest BCUT2D eigenvalue weighted by Gasteiger charge is -2.31. The Morgan fingerprint density at radius 3 is 2.41 bits per heavy atom. The van der Waals surface area contributed by atoms with Gasteiger partial charge in [-0.2, -0.15) is 0 Å². The van der Waals surface area contributed by atoms with Crippen LogP contribution in [0.15, 0.2) is 36.4 Å². The zero-order chi connectivity index (χ0) is 23.8. The molecule has 2 amide bonds. The van der Waals surface area contributed by atoms with E-state index in [1.54, 1.807) is 23.1 Å². The number of carbonyl (C=O) groups excluding carboxylic acids is 2. The summed E-state index contributed by atoms with van der Waals surface area (Å²) in [6.07, 6.45) is 0.473. The third kappa shape index (κ3) is 7.42. The van der Waals surface area contributed by atoms with Crippen molar-refractivity contribution in [2.45, 2.75) is 53.6 Å². The van der Waals surface area contributed by atoms with Gasteiger partial charge in [-0.1, -0.05) is 62.2 Å². The van der Waals surface area contributed by atoms with E-state index in [9.17, 15) is 9.59 Å². The second-order valence-corrected chi connectivity index (χ2v) is 9.21. The molecule has 0 bridgehead atoms. The number of amides is 2. The fourth-order valence-corrected chi connectivity index (χ4v) is 3.58. The molecule has 0 saturated carbocycles. The molecule has 0 aliphatic rings. The van der Waals surface area contributed by atoms with Crippen molar-refractivity contribution in [2.75, 3.05) is 13.2 Å². The van der Waals surface area contributed by atoms with Crippen molar-refractivity contribution in [3.05, 3.63) is 63.1 Å². The molecule has 7 heteroatoms. The van der Waals surface area contributed by atoms with Gasteiger partial charge in [-0.3, -0.25) is 9.59 Å². The van der Waals surface area contributed by atoms with E-state index in [-0.39, 0.29) is 25.0 Å². The first-order chi connectivity index (χ1) is 15.1. The summed E-state index contributed by atoms with van der Waals surface area (Å²) in [6.45, 7) is 10.4. The fraction of sp³-hybridized carbons (Fsp3) is 0.440. The fourth-order valence-electron chi connectivity index (χ4n) is 3.26. The lowest BCUT2D eigenvalue weighted by molar-refractivity contribution is -0.143. The van der Waals surface area contributed by atoms with E-state index in [2.05, 4.69) is 5.32 Å². The minimum Gasteiger partial charge on any atom is -0.483 e. The number of hydrogen-bond acceptors (Lipinski definition) is 3. The maximum absolute atomic E-state index is 13.3. The summed E-state index contributed by atoms with van der Waals surface area (Å²) in [4.78, 5) is 27.7. The number of benzene rings is 2. The average Bonchev–Trinajstić information content (AvgIpc) is 2.74. The molecule has 1 atom stereocenters. The van der Waals surface area contributed by atoms with Crippen molar-refractivity contribution in [3.8, 4) is 5.75 Å². The van der Waals surface area contributed by atoms with Crippen LogP contribution in [0.25, 0.3) is 0 Å². The van der Waals surface area contributed by atoms with Gasteiger partial charge >= 0.3 is 0 Å². The smallest absolute Gasteiger partial charge is 0.261 e. The molecule has 0 aromatic heterocycles. The quantitative estimate of drug-likeness (QED) is 0.485. The van der Waals surface area contributed by atoms with E-state index < -0.39 is 6.04 Å². The first-order valence-corrected chi connectivity index (χ1v) is 11.6. The number of nitrogens with one attached hydrogen (secondary N) is 1. The predicted molar refractivity (Wildman–Crippen MR) is 130 cm³/mol. The van der Waals surface area contributed by atoms with E-state index in [0.717, 1.165) is 16.7 Å². The zero-order valence-electron chi connectivity index (χ0n) is 19.4. The average molecular weight is 479 g/mol. The Morgan fingerprint density at radius 2 is 1.78 bits per heavy atom. The number of halogens is 2. The molecule has 0 saturated heterocycles. The molecule has 0 unspecified atom stereocenters. The molecular weight excluding hydrogens is 447 g/mol. The van der Waals surface area contributed by atoms with E-state index in [1.165, 1.54) is 0 Å². The van der Waals surface area contributed by atoms with Gasteiger partial charge in [0.25, 0.3) is 5.91 Å². The van der Waals surface area contributed by atoms with E-state index >= 15 is 0 Å². The zero-order valence-corrected chi connectivity index (χ0v) is 20.9. The lowest BCUT2D eigenvalue weighted by Crippen LogP contribution is -2.50. The second-order valence-electron chi connectivity index (χ2n) is 8.39. The van der Waals surface area contributed by atoms with Crippen LogP contribution in [0.1, 0.15) is 43.9 Å². The van der Waals surface area contributed by atoms with Crippen molar-refractivity contribution in [1.29, 1.82) is 0 Å². The molecule has 5 nitrogen and oxygen atoms in total. The lowest BCUT2D eigenvalue weighted by atomic mass is 10.1. The van der Waals surface area contributed by atoms with Crippen LogP contribution in [0.2, 0.25) is 10.0 Å². The number of aryl methyl sites for hydroxylation is 2. The SMILES string of the molecule is CC[C@H](C(=O)NCC(C)C)N(Cc1ccc(Cl)c(Cl)c1)C(=O)COc1cc(C)ccc1C. The molecule has 2 aromatic carbocycles. The second kappa shape index (κ2) is 12.1. The first-order valence-electron chi connectivity index (χ1n) is 10.8. The van der Waals surface area contributed by atoms with Crippen LogP contribution in [0.3, 0.4) is 0 Å². The summed E-state index contributed by atoms with van der Waals surface area (Å²) < 4.78 is 5.84. The van der Waals surface area contributed by atoms with E-state index in [0.29, 0.717) is 34.7 Å². The first kappa shape index (κ1) is 26.0. The highest BCUT2D eigenvalue weighted by atomic mass is 35.5. The van der Waals surface area contributed by atoms with Crippen molar-refractivity contribution in [1.82, 2.24) is 10.2 Å². The number of ether oxygens (including phenoxy) is 1. The highest BCUT2D eigenvalue weighted by molar-refractivity contribution is 6.42. The van der Waals surface area contributed by atoms with Crippen LogP contribution in [-0.2, 0) is 16.1 Å². The molecule has 1 N–H and O–H groups in total. The molecule has 32 heavy (non-hydrogen) atoms. The summed E-state index contributed by atoms with van der Waals surface area (Å²) in [5.41, 5.74) is 2.78. The Balaban J connectivity index is 2.26. The summed E-state index contributed by atoms with van der Waals surface area (Å²) >= 11 is 12.2. The van der Waals surface area contributed by atoms with Gasteiger partial charge in [-0.15, -0.1) is 0 Å². The largest absolute Gasteiger partial charge is 0.483 e. The van der Waals surface area contributed by atoms with Crippen molar-refractivity contribution in [2.24, 2.45) is 5.92 Å². The van der Waals surface area contributed by atoms with E-state index in [4.69, 9.17) is 27.9 Å². The highest BCUT2D eigenvalue weighted by Gasteiger charge is 2.29. The molecule has 2 rings (SSSR count). The van der Waals surface area contributed by atoms with Gasteiger partial charge in [0, 0.05) is 13.1 Å². The number of nitrogens with zero attached hydrogens (tertiary/aromatic N) is 1. The minimum absolute atomic E-state index is 0.167. The predicted octanol–water partition coefficient (Wildman–Crippen LogP) is 5.57. The number of carbonyl (C=O) groups is 2. The molecule has 0 spiro atoms. The summed E-state index contributed by atoms with van der Waals surface area (Å²) in [7, 11) is 0. The molecular formula is C25H32Cl2N2O3. The number of rotatable bonds is 10. The molecule has 2 aromatic rings. The normalized spacial score (nSPS) is 11.9. The van der Waals surface area contributed by atoms with Crippen molar-refractivity contribution in [3.63, 3.8) is 0 Å². The van der Waals surface area contributed by atoms with Crippen LogP contribution >= 0.6 is 23.2 Å². The van der Waals surface area contributed by atoms with Gasteiger partial charge in [0.1, 0.15) is 11.8 Å². The monoisotopic (exact) mass is 478 g/mol. The van der Waals surface area contributed by atoms with Crippen molar-refractivity contribution < 1.29 is 14.3 Å². The van der Waals surface area contributed by atoms with Crippen LogP contribution in [0.4, 0.5) is 0 Å². The Labute approximate surface area is 201 Å². The number of hydrogen-bond donors (Lipinski definition) is 1. The standard InChI is InChI=1S/C25H32Cl2N2O3/c1-6-22(25(31)28-13-16(2)3)29(14-19-9-10-20(26)21(27)12-19)24(30)15-32-23-11-17(4)7-8-18(23)5/h7-12,16,22H,6,13-15H2,1-5H3,(H,28,31)/t22-/m1/s1. The third-order valence-corrected chi connectivity index (χ3v) is 5.84. The Morgan fingerprint density at radius 1 is 1.06 bits per heavy atom. The highest BCUT2D eigenvalue weighted by Crippen LogP contribution is 2.24. The van der Waals surface area contributed by atoms with Gasteiger partial charge in [-0.25, -0.2) is 0 Å².